The second kappa shape index (κ2) is 9.76. The number of carbonyl (C=O) groups excluding carboxylic acids is 2. The maximum atomic E-state index is 13.0. The van der Waals surface area contributed by atoms with Crippen molar-refractivity contribution in [3.63, 3.8) is 0 Å². The molecule has 0 heterocycles. The number of carbonyl (C=O) groups is 2. The van der Waals surface area contributed by atoms with Crippen LogP contribution in [0.25, 0.3) is 0 Å². The third-order valence-electron chi connectivity index (χ3n) is 4.28. The van der Waals surface area contributed by atoms with Crippen LogP contribution in [0.15, 0.2) is 89.8 Å². The molecular weight excluding hydrogens is 368 g/mol. The van der Waals surface area contributed by atoms with E-state index >= 15 is 0 Å². The predicted molar refractivity (Wildman–Crippen MR) is 115 cm³/mol. The molecule has 5 heteroatoms. The van der Waals surface area contributed by atoms with Gasteiger partial charge in [0, 0.05) is 22.6 Å². The van der Waals surface area contributed by atoms with Crippen molar-refractivity contribution >= 4 is 29.3 Å². The van der Waals surface area contributed by atoms with E-state index in [1.165, 1.54) is 0 Å². The van der Waals surface area contributed by atoms with Crippen molar-refractivity contribution < 1.29 is 9.59 Å². The van der Waals surface area contributed by atoms with E-state index in [1.807, 2.05) is 66.9 Å². The summed E-state index contributed by atoms with van der Waals surface area (Å²) in [6.45, 7) is 0. The van der Waals surface area contributed by atoms with Crippen molar-refractivity contribution in [1.29, 1.82) is 0 Å². The van der Waals surface area contributed by atoms with Gasteiger partial charge >= 0.3 is 0 Å². The summed E-state index contributed by atoms with van der Waals surface area (Å²) in [6, 6.07) is 25.5. The van der Waals surface area contributed by atoms with Crippen molar-refractivity contribution in [2.24, 2.45) is 0 Å². The van der Waals surface area contributed by atoms with Gasteiger partial charge in [0.25, 0.3) is 5.91 Å². The minimum Gasteiger partial charge on any atom is -0.340 e. The van der Waals surface area contributed by atoms with Gasteiger partial charge in [-0.3, -0.25) is 9.59 Å². The molecule has 4 nitrogen and oxygen atoms in total. The number of hydrogen-bond donors (Lipinski definition) is 2. The fraction of sp³-hybridized carbons (Fsp3) is 0.130. The second-order valence-corrected chi connectivity index (χ2v) is 7.18. The Hall–Kier alpha value is -3.05. The summed E-state index contributed by atoms with van der Waals surface area (Å²) in [5.74, 6) is -0.513. The summed E-state index contributed by atoms with van der Waals surface area (Å²) in [6.07, 6.45) is 2.40. The van der Waals surface area contributed by atoms with Crippen LogP contribution in [-0.2, 0) is 11.2 Å². The van der Waals surface area contributed by atoms with Gasteiger partial charge in [0.1, 0.15) is 6.04 Å². The Labute approximate surface area is 169 Å². The van der Waals surface area contributed by atoms with Gasteiger partial charge in [0.05, 0.1) is 0 Å². The molecule has 0 aromatic heterocycles. The average Bonchev–Trinajstić information content (AvgIpc) is 2.74. The molecule has 0 fully saturated rings. The summed E-state index contributed by atoms with van der Waals surface area (Å²) in [4.78, 5) is 26.6. The minimum absolute atomic E-state index is 0.244. The lowest BCUT2D eigenvalue weighted by Crippen LogP contribution is -2.45. The van der Waals surface area contributed by atoms with Gasteiger partial charge in [-0.05, 0) is 42.2 Å². The molecule has 1 atom stereocenters. The van der Waals surface area contributed by atoms with Crippen LogP contribution in [0.2, 0.25) is 0 Å². The fourth-order valence-electron chi connectivity index (χ4n) is 2.82. The zero-order chi connectivity index (χ0) is 19.8. The number of nitrogens with one attached hydrogen (secondary N) is 2. The highest BCUT2D eigenvalue weighted by Gasteiger charge is 2.22. The van der Waals surface area contributed by atoms with Gasteiger partial charge in [0.15, 0.2) is 0 Å². The van der Waals surface area contributed by atoms with Crippen LogP contribution in [0.4, 0.5) is 5.69 Å². The van der Waals surface area contributed by atoms with Gasteiger partial charge in [-0.2, -0.15) is 0 Å². The fourth-order valence-corrected chi connectivity index (χ4v) is 3.28. The third-order valence-corrected chi connectivity index (χ3v) is 5.00. The Morgan fingerprint density at radius 1 is 0.893 bits per heavy atom. The Morgan fingerprint density at radius 2 is 1.57 bits per heavy atom. The van der Waals surface area contributed by atoms with Gasteiger partial charge in [-0.1, -0.05) is 54.6 Å². The Bertz CT molecular complexity index is 930. The molecule has 28 heavy (non-hydrogen) atoms. The van der Waals surface area contributed by atoms with E-state index in [-0.39, 0.29) is 11.8 Å². The Balaban J connectivity index is 1.78. The van der Waals surface area contributed by atoms with Crippen LogP contribution in [-0.4, -0.2) is 24.1 Å². The second-order valence-electron chi connectivity index (χ2n) is 6.30. The highest BCUT2D eigenvalue weighted by atomic mass is 32.2. The molecule has 0 spiro atoms. The van der Waals surface area contributed by atoms with Gasteiger partial charge in [-0.25, -0.2) is 0 Å². The summed E-state index contributed by atoms with van der Waals surface area (Å²) < 4.78 is 0. The maximum Gasteiger partial charge on any atom is 0.251 e. The molecule has 0 bridgehead atoms. The van der Waals surface area contributed by atoms with E-state index in [0.717, 1.165) is 10.5 Å². The topological polar surface area (TPSA) is 58.2 Å². The number of amides is 2. The monoisotopic (exact) mass is 390 g/mol. The molecule has 0 aliphatic carbocycles. The van der Waals surface area contributed by atoms with Crippen LogP contribution in [0.1, 0.15) is 15.9 Å². The van der Waals surface area contributed by atoms with E-state index in [0.29, 0.717) is 17.7 Å². The molecule has 3 rings (SSSR count). The Kier molecular flexibility index (Phi) is 6.87. The smallest absolute Gasteiger partial charge is 0.251 e. The van der Waals surface area contributed by atoms with E-state index in [1.54, 1.807) is 36.0 Å². The SMILES string of the molecule is CSc1cccc(NC(=O)C(Cc2ccccc2)NC(=O)c2ccccc2)c1. The zero-order valence-electron chi connectivity index (χ0n) is 15.6. The first-order valence-corrected chi connectivity index (χ1v) is 10.2. The van der Waals surface area contributed by atoms with Crippen LogP contribution in [0.5, 0.6) is 0 Å². The standard InChI is InChI=1S/C23H22N2O2S/c1-28-20-14-8-13-19(16-20)24-23(27)21(15-17-9-4-2-5-10-17)25-22(26)18-11-6-3-7-12-18/h2-14,16,21H,15H2,1H3,(H,24,27)(H,25,26). The molecule has 0 radical (unpaired) electrons. The molecule has 0 aliphatic heterocycles. The van der Waals surface area contributed by atoms with E-state index < -0.39 is 6.04 Å². The number of rotatable bonds is 7. The molecule has 142 valence electrons. The molecule has 0 saturated carbocycles. The van der Waals surface area contributed by atoms with Crippen molar-refractivity contribution in [1.82, 2.24) is 5.32 Å². The summed E-state index contributed by atoms with van der Waals surface area (Å²) >= 11 is 1.61. The number of thioether (sulfide) groups is 1. The molecule has 0 aliphatic rings. The van der Waals surface area contributed by atoms with Crippen LogP contribution >= 0.6 is 11.8 Å². The summed E-state index contributed by atoms with van der Waals surface area (Å²) in [7, 11) is 0. The number of anilines is 1. The van der Waals surface area contributed by atoms with Gasteiger partial charge in [0.2, 0.25) is 5.91 Å². The van der Waals surface area contributed by atoms with Crippen LogP contribution in [0, 0.1) is 0 Å². The van der Waals surface area contributed by atoms with Gasteiger partial charge < -0.3 is 10.6 Å². The largest absolute Gasteiger partial charge is 0.340 e. The first-order valence-electron chi connectivity index (χ1n) is 9.00. The lowest BCUT2D eigenvalue weighted by atomic mass is 10.0. The third kappa shape index (κ3) is 5.47. The van der Waals surface area contributed by atoms with Crippen LogP contribution < -0.4 is 10.6 Å². The first-order chi connectivity index (χ1) is 13.7. The van der Waals surface area contributed by atoms with E-state index in [2.05, 4.69) is 10.6 Å². The van der Waals surface area contributed by atoms with Gasteiger partial charge in [-0.15, -0.1) is 11.8 Å². The first kappa shape index (κ1) is 19.7. The van der Waals surface area contributed by atoms with Crippen molar-refractivity contribution in [3.8, 4) is 0 Å². The normalized spacial score (nSPS) is 11.5. The highest BCUT2D eigenvalue weighted by Crippen LogP contribution is 2.19. The predicted octanol–water partition coefficient (Wildman–Crippen LogP) is 4.39. The quantitative estimate of drug-likeness (QED) is 0.588. The lowest BCUT2D eigenvalue weighted by molar-refractivity contribution is -0.118. The molecule has 1 unspecified atom stereocenters. The molecule has 3 aromatic rings. The molecule has 2 amide bonds. The summed E-state index contributed by atoms with van der Waals surface area (Å²) in [5.41, 5.74) is 2.22. The lowest BCUT2D eigenvalue weighted by Gasteiger charge is -2.19. The van der Waals surface area contributed by atoms with Crippen LogP contribution in [0.3, 0.4) is 0 Å². The Morgan fingerprint density at radius 3 is 2.25 bits per heavy atom. The van der Waals surface area contributed by atoms with E-state index in [4.69, 9.17) is 0 Å². The molecule has 2 N–H and O–H groups in total. The minimum atomic E-state index is -0.687. The average molecular weight is 391 g/mol. The van der Waals surface area contributed by atoms with E-state index in [9.17, 15) is 9.59 Å². The number of hydrogen-bond acceptors (Lipinski definition) is 3. The number of benzene rings is 3. The van der Waals surface area contributed by atoms with Crippen molar-refractivity contribution in [3.05, 3.63) is 96.1 Å². The molecule has 0 saturated heterocycles. The molecule has 3 aromatic carbocycles. The zero-order valence-corrected chi connectivity index (χ0v) is 16.4. The maximum absolute atomic E-state index is 13.0. The van der Waals surface area contributed by atoms with Crippen molar-refractivity contribution in [2.45, 2.75) is 17.4 Å². The molecular formula is C23H22N2O2S. The highest BCUT2D eigenvalue weighted by molar-refractivity contribution is 7.98. The van der Waals surface area contributed by atoms with Crippen molar-refractivity contribution in [2.75, 3.05) is 11.6 Å². The summed E-state index contributed by atoms with van der Waals surface area (Å²) in [5, 5.41) is 5.80.